The summed E-state index contributed by atoms with van der Waals surface area (Å²) >= 11 is 9.50. The van der Waals surface area contributed by atoms with Crippen LogP contribution in [0.5, 0.6) is 0 Å². The summed E-state index contributed by atoms with van der Waals surface area (Å²) in [7, 11) is 0. The molecule has 0 spiro atoms. The molecular formula is C12H6BrClO. The van der Waals surface area contributed by atoms with Gasteiger partial charge in [0, 0.05) is 25.7 Å². The minimum absolute atomic E-state index is 0.731. The lowest BCUT2D eigenvalue weighted by molar-refractivity contribution is 0.619. The molecule has 0 aliphatic rings. The van der Waals surface area contributed by atoms with Crippen LogP contribution in [0.1, 0.15) is 0 Å². The third-order valence-corrected chi connectivity index (χ3v) is 3.35. The van der Waals surface area contributed by atoms with E-state index in [2.05, 4.69) is 15.9 Å². The van der Waals surface area contributed by atoms with E-state index in [0.29, 0.717) is 0 Å². The van der Waals surface area contributed by atoms with E-state index in [0.717, 1.165) is 31.2 Å². The van der Waals surface area contributed by atoms with Gasteiger partial charge in [-0.25, -0.2) is 0 Å². The lowest BCUT2D eigenvalue weighted by atomic mass is 10.1. The minimum Gasteiger partial charge on any atom is -0.464 e. The Balaban J connectivity index is 2.61. The molecular weight excluding hydrogens is 275 g/mol. The van der Waals surface area contributed by atoms with E-state index in [-0.39, 0.29) is 0 Å². The van der Waals surface area contributed by atoms with Crippen LogP contribution in [-0.2, 0) is 0 Å². The largest absolute Gasteiger partial charge is 0.464 e. The highest BCUT2D eigenvalue weighted by molar-refractivity contribution is 9.10. The van der Waals surface area contributed by atoms with E-state index < -0.39 is 0 Å². The molecule has 1 nitrogen and oxygen atoms in total. The molecule has 0 aliphatic carbocycles. The Bertz CT molecular complexity index is 657. The van der Waals surface area contributed by atoms with Gasteiger partial charge in [0.25, 0.3) is 0 Å². The first-order chi connectivity index (χ1) is 7.25. The van der Waals surface area contributed by atoms with Gasteiger partial charge in [0.1, 0.15) is 5.58 Å². The van der Waals surface area contributed by atoms with Crippen molar-refractivity contribution in [2.45, 2.75) is 0 Å². The molecule has 3 aromatic rings. The van der Waals surface area contributed by atoms with Crippen LogP contribution < -0.4 is 0 Å². The van der Waals surface area contributed by atoms with Crippen molar-refractivity contribution in [2.24, 2.45) is 0 Å². The predicted octanol–water partition coefficient (Wildman–Crippen LogP) is 5.00. The average Bonchev–Trinajstić information content (AvgIpc) is 2.66. The first-order valence-electron chi connectivity index (χ1n) is 4.51. The second kappa shape index (κ2) is 3.26. The quantitative estimate of drug-likeness (QED) is 0.565. The van der Waals surface area contributed by atoms with Crippen LogP contribution in [0.15, 0.2) is 45.5 Å². The Labute approximate surface area is 99.8 Å². The molecule has 0 aliphatic heterocycles. The van der Waals surface area contributed by atoms with Crippen LogP contribution in [0, 0.1) is 0 Å². The number of hydrogen-bond acceptors (Lipinski definition) is 1. The third-order valence-electron chi connectivity index (χ3n) is 2.46. The van der Waals surface area contributed by atoms with Gasteiger partial charge in [-0.1, -0.05) is 27.5 Å². The zero-order valence-electron chi connectivity index (χ0n) is 7.63. The molecule has 1 heterocycles. The Morgan fingerprint density at radius 1 is 1.07 bits per heavy atom. The van der Waals surface area contributed by atoms with Gasteiger partial charge in [-0.15, -0.1) is 0 Å². The second-order valence-electron chi connectivity index (χ2n) is 3.39. The summed E-state index contributed by atoms with van der Waals surface area (Å²) in [6.45, 7) is 0. The van der Waals surface area contributed by atoms with Gasteiger partial charge < -0.3 is 4.42 Å². The fourth-order valence-electron chi connectivity index (χ4n) is 1.78. The molecule has 0 radical (unpaired) electrons. The number of furan rings is 1. The van der Waals surface area contributed by atoms with E-state index in [4.69, 9.17) is 16.0 Å². The molecule has 0 N–H and O–H groups in total. The van der Waals surface area contributed by atoms with E-state index in [1.807, 2.05) is 30.3 Å². The van der Waals surface area contributed by atoms with E-state index in [1.165, 1.54) is 0 Å². The molecule has 74 valence electrons. The Kier molecular flexibility index (Phi) is 2.01. The van der Waals surface area contributed by atoms with Gasteiger partial charge >= 0.3 is 0 Å². The van der Waals surface area contributed by atoms with Crippen molar-refractivity contribution in [3.8, 4) is 0 Å². The van der Waals surface area contributed by atoms with Crippen molar-refractivity contribution in [2.75, 3.05) is 0 Å². The Morgan fingerprint density at radius 3 is 2.80 bits per heavy atom. The fourth-order valence-corrected chi connectivity index (χ4v) is 2.52. The summed E-state index contributed by atoms with van der Waals surface area (Å²) in [6.07, 6.45) is 1.70. The monoisotopic (exact) mass is 280 g/mol. The van der Waals surface area contributed by atoms with E-state index in [9.17, 15) is 0 Å². The highest BCUT2D eigenvalue weighted by atomic mass is 79.9. The van der Waals surface area contributed by atoms with Gasteiger partial charge in [0.15, 0.2) is 0 Å². The van der Waals surface area contributed by atoms with Crippen LogP contribution in [0.2, 0.25) is 5.02 Å². The number of halogens is 2. The highest BCUT2D eigenvalue weighted by Gasteiger charge is 2.07. The van der Waals surface area contributed by atoms with Crippen LogP contribution in [-0.4, -0.2) is 0 Å². The zero-order valence-corrected chi connectivity index (χ0v) is 9.97. The lowest BCUT2D eigenvalue weighted by Crippen LogP contribution is -1.76. The molecule has 0 unspecified atom stereocenters. The lowest BCUT2D eigenvalue weighted by Gasteiger charge is -2.02. The molecule has 15 heavy (non-hydrogen) atoms. The standard InChI is InChI=1S/C12H6BrClO/c13-11-5-7-3-4-15-12(7)9-2-1-8(14)6-10(9)11/h1-6H. The summed E-state index contributed by atoms with van der Waals surface area (Å²) in [5, 5.41) is 3.98. The summed E-state index contributed by atoms with van der Waals surface area (Å²) < 4.78 is 6.50. The second-order valence-corrected chi connectivity index (χ2v) is 4.68. The minimum atomic E-state index is 0.731. The molecule has 0 atom stereocenters. The number of benzene rings is 2. The summed E-state index contributed by atoms with van der Waals surface area (Å²) in [6, 6.07) is 9.78. The normalized spacial score (nSPS) is 11.3. The van der Waals surface area contributed by atoms with Crippen LogP contribution in [0.3, 0.4) is 0 Å². The number of hydrogen-bond donors (Lipinski definition) is 0. The summed E-state index contributed by atoms with van der Waals surface area (Å²) in [5.41, 5.74) is 0.907. The maximum atomic E-state index is 5.96. The van der Waals surface area contributed by atoms with Crippen molar-refractivity contribution in [3.63, 3.8) is 0 Å². The zero-order chi connectivity index (χ0) is 10.4. The fraction of sp³-hybridized carbons (Fsp3) is 0. The molecule has 3 heteroatoms. The van der Waals surface area contributed by atoms with Gasteiger partial charge in [-0.3, -0.25) is 0 Å². The molecule has 0 saturated heterocycles. The van der Waals surface area contributed by atoms with Crippen LogP contribution in [0.25, 0.3) is 21.7 Å². The smallest absolute Gasteiger partial charge is 0.141 e. The topological polar surface area (TPSA) is 13.1 Å². The summed E-state index contributed by atoms with van der Waals surface area (Å²) in [4.78, 5) is 0. The molecule has 0 saturated carbocycles. The Hall–Kier alpha value is -0.990. The molecule has 0 fully saturated rings. The Morgan fingerprint density at radius 2 is 1.93 bits per heavy atom. The molecule has 0 amide bonds. The average molecular weight is 282 g/mol. The van der Waals surface area contributed by atoms with E-state index in [1.54, 1.807) is 6.26 Å². The molecule has 0 bridgehead atoms. The molecule has 1 aromatic heterocycles. The maximum Gasteiger partial charge on any atom is 0.141 e. The number of fused-ring (bicyclic) bond motifs is 3. The van der Waals surface area contributed by atoms with Gasteiger partial charge in [0.05, 0.1) is 6.26 Å². The highest BCUT2D eigenvalue weighted by Crippen LogP contribution is 2.33. The first kappa shape index (κ1) is 9.25. The van der Waals surface area contributed by atoms with Crippen LogP contribution >= 0.6 is 27.5 Å². The first-order valence-corrected chi connectivity index (χ1v) is 5.68. The van der Waals surface area contributed by atoms with Gasteiger partial charge in [0.2, 0.25) is 0 Å². The molecule has 3 rings (SSSR count). The van der Waals surface area contributed by atoms with Gasteiger partial charge in [-0.05, 0) is 30.3 Å². The number of rotatable bonds is 0. The summed E-state index contributed by atoms with van der Waals surface area (Å²) in [5.74, 6) is 0. The van der Waals surface area contributed by atoms with Crippen molar-refractivity contribution >= 4 is 49.3 Å². The van der Waals surface area contributed by atoms with Crippen molar-refractivity contribution in [1.82, 2.24) is 0 Å². The SMILES string of the molecule is Clc1ccc2c(c1)c(Br)cc1ccoc12. The van der Waals surface area contributed by atoms with E-state index >= 15 is 0 Å². The third kappa shape index (κ3) is 1.36. The maximum absolute atomic E-state index is 5.96. The van der Waals surface area contributed by atoms with Gasteiger partial charge in [-0.2, -0.15) is 0 Å². The van der Waals surface area contributed by atoms with Crippen molar-refractivity contribution in [3.05, 3.63) is 46.1 Å². The molecule has 2 aromatic carbocycles. The predicted molar refractivity (Wildman–Crippen MR) is 66.4 cm³/mol. The van der Waals surface area contributed by atoms with Crippen molar-refractivity contribution < 1.29 is 4.42 Å². The van der Waals surface area contributed by atoms with Crippen molar-refractivity contribution in [1.29, 1.82) is 0 Å². The van der Waals surface area contributed by atoms with Crippen LogP contribution in [0.4, 0.5) is 0 Å².